The molecule has 0 atom stereocenters. The highest BCUT2D eigenvalue weighted by atomic mass is 16.4. The van der Waals surface area contributed by atoms with Crippen molar-refractivity contribution in [2.45, 2.75) is 32.7 Å². The molecule has 1 aliphatic heterocycles. The van der Waals surface area contributed by atoms with E-state index >= 15 is 0 Å². The van der Waals surface area contributed by atoms with Crippen molar-refractivity contribution in [1.82, 2.24) is 9.55 Å². The molecule has 4 rings (SSSR count). The van der Waals surface area contributed by atoms with Crippen LogP contribution in [0, 0.1) is 12.8 Å². The van der Waals surface area contributed by atoms with Gasteiger partial charge in [-0.25, -0.2) is 4.98 Å². The number of imidazole rings is 1. The lowest BCUT2D eigenvalue weighted by Crippen LogP contribution is -2.34. The zero-order valence-electron chi connectivity index (χ0n) is 15.6. The van der Waals surface area contributed by atoms with Crippen molar-refractivity contribution < 1.29 is 9.90 Å². The van der Waals surface area contributed by atoms with E-state index in [1.54, 1.807) is 4.57 Å². The standard InChI is InChI=1S/C22H25N3O2/c1-16-23-20-14-19(7-8-21(20)25(16)15-22(26)27)24-11-9-18(10-12-24)13-17-5-3-2-4-6-17/h2-8,14,18H,9-13,15H2,1H3,(H,26,27). The van der Waals surface area contributed by atoms with E-state index < -0.39 is 5.97 Å². The fourth-order valence-corrected chi connectivity index (χ4v) is 4.11. The molecule has 0 spiro atoms. The molecule has 0 bridgehead atoms. The van der Waals surface area contributed by atoms with Gasteiger partial charge in [-0.2, -0.15) is 0 Å². The first-order chi connectivity index (χ1) is 13.1. The summed E-state index contributed by atoms with van der Waals surface area (Å²) >= 11 is 0. The maximum absolute atomic E-state index is 11.1. The molecule has 0 amide bonds. The third-order valence-electron chi connectivity index (χ3n) is 5.56. The Morgan fingerprint density at radius 3 is 2.59 bits per heavy atom. The summed E-state index contributed by atoms with van der Waals surface area (Å²) in [5.41, 5.74) is 4.37. The van der Waals surface area contributed by atoms with Gasteiger partial charge in [-0.15, -0.1) is 0 Å². The van der Waals surface area contributed by atoms with Crippen LogP contribution in [-0.4, -0.2) is 33.7 Å². The number of hydrogen-bond acceptors (Lipinski definition) is 3. The second kappa shape index (κ2) is 7.43. The fourth-order valence-electron chi connectivity index (χ4n) is 4.11. The number of carboxylic acid groups (broad SMARTS) is 1. The Morgan fingerprint density at radius 1 is 1.15 bits per heavy atom. The van der Waals surface area contributed by atoms with Gasteiger partial charge in [0.15, 0.2) is 0 Å². The van der Waals surface area contributed by atoms with Gasteiger partial charge in [-0.1, -0.05) is 30.3 Å². The Balaban J connectivity index is 1.45. The van der Waals surface area contributed by atoms with Gasteiger partial charge >= 0.3 is 5.97 Å². The summed E-state index contributed by atoms with van der Waals surface area (Å²) in [6.45, 7) is 3.92. The van der Waals surface area contributed by atoms with E-state index in [2.05, 4.69) is 52.3 Å². The highest BCUT2D eigenvalue weighted by molar-refractivity contribution is 5.82. The van der Waals surface area contributed by atoms with Crippen LogP contribution in [0.5, 0.6) is 0 Å². The molecule has 2 heterocycles. The number of piperidine rings is 1. The quantitative estimate of drug-likeness (QED) is 0.747. The molecule has 1 saturated heterocycles. The molecule has 0 saturated carbocycles. The number of aliphatic carboxylic acids is 1. The minimum Gasteiger partial charge on any atom is -0.480 e. The Hall–Kier alpha value is -2.82. The predicted octanol–water partition coefficient (Wildman–Crippen LogP) is 3.89. The number of benzene rings is 2. The Kier molecular flexibility index (Phi) is 4.84. The normalized spacial score (nSPS) is 15.4. The molecule has 1 N–H and O–H groups in total. The zero-order chi connectivity index (χ0) is 18.8. The highest BCUT2D eigenvalue weighted by Gasteiger charge is 2.20. The van der Waals surface area contributed by atoms with Crippen molar-refractivity contribution in [1.29, 1.82) is 0 Å². The number of anilines is 1. The lowest BCUT2D eigenvalue weighted by molar-refractivity contribution is -0.137. The summed E-state index contributed by atoms with van der Waals surface area (Å²) < 4.78 is 1.76. The average Bonchev–Trinajstić information content (AvgIpc) is 2.97. The Bertz CT molecular complexity index is 941. The summed E-state index contributed by atoms with van der Waals surface area (Å²) in [5.74, 6) is 0.637. The molecular weight excluding hydrogens is 338 g/mol. The number of aryl methyl sites for hydroxylation is 1. The number of rotatable bonds is 5. The molecule has 2 aromatic carbocycles. The van der Waals surface area contributed by atoms with E-state index in [1.807, 2.05) is 13.0 Å². The van der Waals surface area contributed by atoms with Crippen molar-refractivity contribution in [3.63, 3.8) is 0 Å². The van der Waals surface area contributed by atoms with Gasteiger partial charge in [0, 0.05) is 18.8 Å². The molecule has 1 aromatic heterocycles. The van der Waals surface area contributed by atoms with Crippen LogP contribution < -0.4 is 4.90 Å². The van der Waals surface area contributed by atoms with Gasteiger partial charge in [0.25, 0.3) is 0 Å². The second-order valence-corrected chi connectivity index (χ2v) is 7.43. The lowest BCUT2D eigenvalue weighted by atomic mass is 9.90. The second-order valence-electron chi connectivity index (χ2n) is 7.43. The fraction of sp³-hybridized carbons (Fsp3) is 0.364. The number of hydrogen-bond donors (Lipinski definition) is 1. The molecular formula is C22H25N3O2. The summed E-state index contributed by atoms with van der Waals surface area (Å²) in [4.78, 5) is 18.1. The van der Waals surface area contributed by atoms with Gasteiger partial charge in [0.2, 0.25) is 0 Å². The summed E-state index contributed by atoms with van der Waals surface area (Å²) in [7, 11) is 0. The lowest BCUT2D eigenvalue weighted by Gasteiger charge is -2.33. The van der Waals surface area contributed by atoms with Crippen LogP contribution in [0.3, 0.4) is 0 Å². The van der Waals surface area contributed by atoms with Gasteiger partial charge < -0.3 is 14.6 Å². The Labute approximate surface area is 159 Å². The molecule has 1 aliphatic rings. The number of carboxylic acids is 1. The number of fused-ring (bicyclic) bond motifs is 1. The third-order valence-corrected chi connectivity index (χ3v) is 5.56. The maximum atomic E-state index is 11.1. The maximum Gasteiger partial charge on any atom is 0.323 e. The smallest absolute Gasteiger partial charge is 0.323 e. The van der Waals surface area contributed by atoms with Crippen LogP contribution in [-0.2, 0) is 17.8 Å². The minimum absolute atomic E-state index is 0.0490. The molecule has 0 radical (unpaired) electrons. The van der Waals surface area contributed by atoms with Crippen molar-refractivity contribution in [2.75, 3.05) is 18.0 Å². The number of nitrogens with zero attached hydrogens (tertiary/aromatic N) is 3. The van der Waals surface area contributed by atoms with E-state index in [0.29, 0.717) is 0 Å². The molecule has 0 aliphatic carbocycles. The zero-order valence-corrected chi connectivity index (χ0v) is 15.6. The first kappa shape index (κ1) is 17.6. The van der Waals surface area contributed by atoms with Gasteiger partial charge in [-0.3, -0.25) is 4.79 Å². The van der Waals surface area contributed by atoms with Crippen LogP contribution in [0.15, 0.2) is 48.5 Å². The Morgan fingerprint density at radius 2 is 1.89 bits per heavy atom. The molecule has 3 aromatic rings. The minimum atomic E-state index is -0.845. The van der Waals surface area contributed by atoms with Crippen LogP contribution >= 0.6 is 0 Å². The SMILES string of the molecule is Cc1nc2cc(N3CCC(Cc4ccccc4)CC3)ccc2n1CC(=O)O. The molecule has 1 fully saturated rings. The van der Waals surface area contributed by atoms with Gasteiger partial charge in [0.05, 0.1) is 11.0 Å². The molecule has 140 valence electrons. The van der Waals surface area contributed by atoms with Crippen molar-refractivity contribution in [3.8, 4) is 0 Å². The predicted molar refractivity (Wildman–Crippen MR) is 107 cm³/mol. The third kappa shape index (κ3) is 3.82. The molecule has 5 nitrogen and oxygen atoms in total. The monoisotopic (exact) mass is 363 g/mol. The average molecular weight is 363 g/mol. The van der Waals surface area contributed by atoms with E-state index in [9.17, 15) is 4.79 Å². The van der Waals surface area contributed by atoms with Crippen molar-refractivity contribution in [2.24, 2.45) is 5.92 Å². The largest absolute Gasteiger partial charge is 0.480 e. The first-order valence-electron chi connectivity index (χ1n) is 9.58. The van der Waals surface area contributed by atoms with Crippen LogP contribution in [0.2, 0.25) is 0 Å². The molecule has 27 heavy (non-hydrogen) atoms. The van der Waals surface area contributed by atoms with Crippen molar-refractivity contribution >= 4 is 22.7 Å². The van der Waals surface area contributed by atoms with Crippen LogP contribution in [0.4, 0.5) is 5.69 Å². The molecule has 5 heteroatoms. The highest BCUT2D eigenvalue weighted by Crippen LogP contribution is 2.28. The molecule has 0 unspecified atom stereocenters. The van der Waals surface area contributed by atoms with Crippen LogP contribution in [0.25, 0.3) is 11.0 Å². The summed E-state index contributed by atoms with van der Waals surface area (Å²) in [6, 6.07) is 16.9. The topological polar surface area (TPSA) is 58.4 Å². The van der Waals surface area contributed by atoms with E-state index in [1.165, 1.54) is 24.1 Å². The summed E-state index contributed by atoms with van der Waals surface area (Å²) in [6.07, 6.45) is 3.55. The number of carbonyl (C=O) groups is 1. The van der Waals surface area contributed by atoms with Crippen LogP contribution in [0.1, 0.15) is 24.2 Å². The van der Waals surface area contributed by atoms with Gasteiger partial charge in [-0.05, 0) is 55.9 Å². The van der Waals surface area contributed by atoms with Crippen molar-refractivity contribution in [3.05, 3.63) is 59.9 Å². The summed E-state index contributed by atoms with van der Waals surface area (Å²) in [5, 5.41) is 9.10. The first-order valence-corrected chi connectivity index (χ1v) is 9.58. The van der Waals surface area contributed by atoms with Gasteiger partial charge in [0.1, 0.15) is 12.4 Å². The van der Waals surface area contributed by atoms with E-state index in [-0.39, 0.29) is 6.54 Å². The number of aromatic nitrogens is 2. The van der Waals surface area contributed by atoms with E-state index in [4.69, 9.17) is 5.11 Å². The van der Waals surface area contributed by atoms with E-state index in [0.717, 1.165) is 42.3 Å².